The van der Waals surface area contributed by atoms with Crippen LogP contribution in [0.2, 0.25) is 0 Å². The lowest BCUT2D eigenvalue weighted by atomic mass is 10.1. The van der Waals surface area contributed by atoms with Crippen molar-refractivity contribution in [1.29, 1.82) is 0 Å². The van der Waals surface area contributed by atoms with Crippen LogP contribution in [0.25, 0.3) is 11.0 Å². The number of hydrogen-bond donors (Lipinski definition) is 1. The van der Waals surface area contributed by atoms with Gasteiger partial charge >= 0.3 is 6.01 Å². The predicted molar refractivity (Wildman–Crippen MR) is 69.6 cm³/mol. The van der Waals surface area contributed by atoms with Gasteiger partial charge in [0.15, 0.2) is 5.65 Å². The van der Waals surface area contributed by atoms with E-state index in [-0.39, 0.29) is 0 Å². The van der Waals surface area contributed by atoms with Crippen molar-refractivity contribution >= 4 is 11.0 Å². The van der Waals surface area contributed by atoms with E-state index in [1.807, 2.05) is 4.68 Å². The Balaban J connectivity index is 2.09. The van der Waals surface area contributed by atoms with Crippen molar-refractivity contribution in [2.24, 2.45) is 0 Å². The second-order valence-electron chi connectivity index (χ2n) is 4.53. The SMILES string of the molecule is COc1nc(OC)c2cnn(C3CCNCC3)c2n1. The summed E-state index contributed by atoms with van der Waals surface area (Å²) in [6.45, 7) is 2.01. The van der Waals surface area contributed by atoms with Gasteiger partial charge in [-0.05, 0) is 25.9 Å². The van der Waals surface area contributed by atoms with Crippen LogP contribution in [0.3, 0.4) is 0 Å². The van der Waals surface area contributed by atoms with Gasteiger partial charge in [-0.2, -0.15) is 15.1 Å². The molecule has 0 saturated carbocycles. The number of aromatic nitrogens is 4. The number of ether oxygens (including phenoxy) is 2. The zero-order valence-corrected chi connectivity index (χ0v) is 11.1. The number of hydrogen-bond acceptors (Lipinski definition) is 6. The highest BCUT2D eigenvalue weighted by Crippen LogP contribution is 2.28. The summed E-state index contributed by atoms with van der Waals surface area (Å²) >= 11 is 0. The molecule has 2 aromatic heterocycles. The molecule has 1 saturated heterocycles. The molecule has 0 radical (unpaired) electrons. The normalized spacial score (nSPS) is 16.7. The Hall–Kier alpha value is -1.89. The van der Waals surface area contributed by atoms with Crippen LogP contribution < -0.4 is 14.8 Å². The number of nitrogens with one attached hydrogen (secondary N) is 1. The maximum absolute atomic E-state index is 5.27. The van der Waals surface area contributed by atoms with Crippen molar-refractivity contribution in [2.45, 2.75) is 18.9 Å². The van der Waals surface area contributed by atoms with Crippen molar-refractivity contribution in [2.75, 3.05) is 27.3 Å². The Morgan fingerprint density at radius 2 is 2.00 bits per heavy atom. The Labute approximate surface area is 110 Å². The van der Waals surface area contributed by atoms with Crippen molar-refractivity contribution < 1.29 is 9.47 Å². The quantitative estimate of drug-likeness (QED) is 0.881. The van der Waals surface area contributed by atoms with Gasteiger partial charge in [0.1, 0.15) is 5.39 Å². The number of fused-ring (bicyclic) bond motifs is 1. The standard InChI is InChI=1S/C12H17N5O2/c1-18-11-9-7-14-17(8-3-5-13-6-4-8)10(9)15-12(16-11)19-2/h7-8,13H,3-6H2,1-2H3. The molecule has 0 bridgehead atoms. The second-order valence-corrected chi connectivity index (χ2v) is 4.53. The Kier molecular flexibility index (Phi) is 3.20. The summed E-state index contributed by atoms with van der Waals surface area (Å²) in [6.07, 6.45) is 3.85. The first-order valence-electron chi connectivity index (χ1n) is 6.37. The van der Waals surface area contributed by atoms with E-state index in [4.69, 9.17) is 9.47 Å². The van der Waals surface area contributed by atoms with E-state index < -0.39 is 0 Å². The van der Waals surface area contributed by atoms with Crippen molar-refractivity contribution in [3.8, 4) is 11.9 Å². The molecule has 1 N–H and O–H groups in total. The van der Waals surface area contributed by atoms with E-state index in [0.717, 1.165) is 37.0 Å². The summed E-state index contributed by atoms with van der Waals surface area (Å²) in [5.41, 5.74) is 0.774. The van der Waals surface area contributed by atoms with E-state index in [2.05, 4.69) is 20.4 Å². The van der Waals surface area contributed by atoms with E-state index in [0.29, 0.717) is 17.9 Å². The van der Waals surface area contributed by atoms with Gasteiger partial charge in [0.05, 0.1) is 26.5 Å². The Morgan fingerprint density at radius 1 is 1.21 bits per heavy atom. The molecular weight excluding hydrogens is 246 g/mol. The molecule has 3 rings (SSSR count). The van der Waals surface area contributed by atoms with Crippen LogP contribution in [-0.2, 0) is 0 Å². The van der Waals surface area contributed by atoms with Gasteiger partial charge in [0.2, 0.25) is 5.88 Å². The zero-order valence-electron chi connectivity index (χ0n) is 11.1. The van der Waals surface area contributed by atoms with Crippen LogP contribution in [0.1, 0.15) is 18.9 Å². The first-order chi connectivity index (χ1) is 9.33. The minimum absolute atomic E-state index is 0.306. The van der Waals surface area contributed by atoms with Gasteiger partial charge in [0.25, 0.3) is 0 Å². The number of piperidine rings is 1. The average Bonchev–Trinajstić information content (AvgIpc) is 2.90. The molecule has 7 nitrogen and oxygen atoms in total. The number of nitrogens with zero attached hydrogens (tertiary/aromatic N) is 4. The van der Waals surface area contributed by atoms with Crippen LogP contribution in [0.4, 0.5) is 0 Å². The smallest absolute Gasteiger partial charge is 0.321 e. The first kappa shape index (κ1) is 12.2. The third-order valence-electron chi connectivity index (χ3n) is 3.43. The fourth-order valence-corrected chi connectivity index (χ4v) is 2.45. The van der Waals surface area contributed by atoms with E-state index >= 15 is 0 Å². The molecule has 0 amide bonds. The molecule has 0 aromatic carbocycles. The van der Waals surface area contributed by atoms with Gasteiger partial charge in [-0.1, -0.05) is 0 Å². The maximum Gasteiger partial charge on any atom is 0.321 e. The third kappa shape index (κ3) is 2.10. The molecule has 0 aliphatic carbocycles. The highest BCUT2D eigenvalue weighted by molar-refractivity contribution is 5.80. The summed E-state index contributed by atoms with van der Waals surface area (Å²) < 4.78 is 12.4. The Bertz CT molecular complexity index is 577. The summed E-state index contributed by atoms with van der Waals surface area (Å²) in [6, 6.07) is 0.670. The fourth-order valence-electron chi connectivity index (χ4n) is 2.45. The molecular formula is C12H17N5O2. The molecule has 0 atom stereocenters. The summed E-state index contributed by atoms with van der Waals surface area (Å²) in [5.74, 6) is 0.502. The van der Waals surface area contributed by atoms with Crippen molar-refractivity contribution in [3.63, 3.8) is 0 Å². The lowest BCUT2D eigenvalue weighted by Gasteiger charge is -2.23. The van der Waals surface area contributed by atoms with Crippen LogP contribution in [0, 0.1) is 0 Å². The Morgan fingerprint density at radius 3 is 2.68 bits per heavy atom. The third-order valence-corrected chi connectivity index (χ3v) is 3.43. The molecule has 0 unspecified atom stereocenters. The molecule has 1 aliphatic heterocycles. The molecule has 2 aromatic rings. The number of rotatable bonds is 3. The summed E-state index contributed by atoms with van der Waals surface area (Å²) in [5, 5.41) is 8.62. The van der Waals surface area contributed by atoms with E-state index in [1.165, 1.54) is 0 Å². The lowest BCUT2D eigenvalue weighted by molar-refractivity contribution is 0.342. The molecule has 7 heteroatoms. The molecule has 1 aliphatic rings. The van der Waals surface area contributed by atoms with Gasteiger partial charge in [-0.25, -0.2) is 4.68 Å². The van der Waals surface area contributed by atoms with Gasteiger partial charge in [-0.3, -0.25) is 0 Å². The van der Waals surface area contributed by atoms with Gasteiger partial charge < -0.3 is 14.8 Å². The summed E-state index contributed by atoms with van der Waals surface area (Å²) in [4.78, 5) is 8.58. The molecule has 19 heavy (non-hydrogen) atoms. The van der Waals surface area contributed by atoms with Crippen LogP contribution >= 0.6 is 0 Å². The fraction of sp³-hybridized carbons (Fsp3) is 0.583. The molecule has 1 fully saturated rings. The average molecular weight is 263 g/mol. The highest BCUT2D eigenvalue weighted by atomic mass is 16.5. The van der Waals surface area contributed by atoms with Gasteiger partial charge in [0, 0.05) is 0 Å². The summed E-state index contributed by atoms with van der Waals surface area (Å²) in [7, 11) is 3.13. The highest BCUT2D eigenvalue weighted by Gasteiger charge is 2.21. The van der Waals surface area contributed by atoms with Gasteiger partial charge in [-0.15, -0.1) is 0 Å². The largest absolute Gasteiger partial charge is 0.480 e. The minimum atomic E-state index is 0.306. The first-order valence-corrected chi connectivity index (χ1v) is 6.37. The van der Waals surface area contributed by atoms with E-state index in [1.54, 1.807) is 20.4 Å². The lowest BCUT2D eigenvalue weighted by Crippen LogP contribution is -2.29. The van der Waals surface area contributed by atoms with Crippen LogP contribution in [-0.4, -0.2) is 47.1 Å². The zero-order chi connectivity index (χ0) is 13.2. The minimum Gasteiger partial charge on any atom is -0.480 e. The second kappa shape index (κ2) is 5.00. The number of methoxy groups -OCH3 is 2. The van der Waals surface area contributed by atoms with E-state index in [9.17, 15) is 0 Å². The topological polar surface area (TPSA) is 74.1 Å². The van der Waals surface area contributed by atoms with Crippen LogP contribution in [0.15, 0.2) is 6.20 Å². The monoisotopic (exact) mass is 263 g/mol. The maximum atomic E-state index is 5.27. The van der Waals surface area contributed by atoms with Crippen molar-refractivity contribution in [1.82, 2.24) is 25.1 Å². The molecule has 0 spiro atoms. The predicted octanol–water partition coefficient (Wildman–Crippen LogP) is 0.768. The van der Waals surface area contributed by atoms with Crippen LogP contribution in [0.5, 0.6) is 11.9 Å². The molecule has 3 heterocycles. The molecule has 102 valence electrons. The van der Waals surface area contributed by atoms with Crippen molar-refractivity contribution in [3.05, 3.63) is 6.20 Å².